The van der Waals surface area contributed by atoms with E-state index in [4.69, 9.17) is 16.3 Å². The van der Waals surface area contributed by atoms with Crippen LogP contribution in [0.25, 0.3) is 21.3 Å². The van der Waals surface area contributed by atoms with E-state index in [1.54, 1.807) is 11.3 Å². The summed E-state index contributed by atoms with van der Waals surface area (Å²) in [5.41, 5.74) is 4.02. The van der Waals surface area contributed by atoms with Crippen LogP contribution in [0, 0.1) is 6.92 Å². The SMILES string of the molecule is Cc1cc(Cl)cc(-c2ccnc3cc(CC4NCCNC4=O)sc23)c1O[C@H]1CCCNC1.Cl. The Morgan fingerprint density at radius 2 is 2.09 bits per heavy atom. The number of ether oxygens (including phenoxy) is 1. The van der Waals surface area contributed by atoms with Crippen LogP contribution in [0.15, 0.2) is 30.5 Å². The molecule has 2 aliphatic heterocycles. The molecule has 2 aliphatic rings. The minimum atomic E-state index is -0.202. The highest BCUT2D eigenvalue weighted by Crippen LogP contribution is 2.42. The molecule has 3 N–H and O–H groups in total. The van der Waals surface area contributed by atoms with E-state index in [2.05, 4.69) is 27.0 Å². The molecule has 1 unspecified atom stereocenters. The van der Waals surface area contributed by atoms with Crippen molar-refractivity contribution in [1.29, 1.82) is 0 Å². The van der Waals surface area contributed by atoms with Crippen LogP contribution >= 0.6 is 35.3 Å². The number of pyridine rings is 1. The summed E-state index contributed by atoms with van der Waals surface area (Å²) in [5.74, 6) is 0.947. The summed E-state index contributed by atoms with van der Waals surface area (Å²) in [7, 11) is 0. The van der Waals surface area contributed by atoms with Crippen molar-refractivity contribution in [3.63, 3.8) is 0 Å². The molecule has 2 atom stereocenters. The van der Waals surface area contributed by atoms with Gasteiger partial charge in [0, 0.05) is 53.3 Å². The van der Waals surface area contributed by atoms with Crippen molar-refractivity contribution >= 4 is 51.5 Å². The largest absolute Gasteiger partial charge is 0.488 e. The van der Waals surface area contributed by atoms with Crippen LogP contribution in [-0.2, 0) is 11.2 Å². The number of nitrogens with one attached hydrogen (secondary N) is 3. The summed E-state index contributed by atoms with van der Waals surface area (Å²) in [6.07, 6.45) is 4.79. The minimum Gasteiger partial charge on any atom is -0.488 e. The van der Waals surface area contributed by atoms with Crippen LogP contribution in [0.4, 0.5) is 0 Å². The molecule has 5 rings (SSSR count). The second kappa shape index (κ2) is 10.6. The molecule has 6 nitrogen and oxygen atoms in total. The fourth-order valence-electron chi connectivity index (χ4n) is 4.49. The lowest BCUT2D eigenvalue weighted by atomic mass is 10.0. The van der Waals surface area contributed by atoms with E-state index in [-0.39, 0.29) is 30.5 Å². The first-order valence-corrected chi connectivity index (χ1v) is 12.3. The van der Waals surface area contributed by atoms with Gasteiger partial charge in [0.05, 0.1) is 16.3 Å². The highest BCUT2D eigenvalue weighted by atomic mass is 35.5. The maximum atomic E-state index is 12.2. The zero-order valence-electron chi connectivity index (χ0n) is 18.4. The van der Waals surface area contributed by atoms with E-state index in [1.165, 1.54) is 0 Å². The van der Waals surface area contributed by atoms with E-state index >= 15 is 0 Å². The standard InChI is InChI=1S/C24H27ClN4O2S.ClH/c1-14-9-15(25)10-19(22(14)31-16-3-2-5-26-13-16)18-4-6-27-20-11-17(32-23(18)20)12-21-24(30)29-8-7-28-21;/h4,6,9-11,16,21,26,28H,2-3,5,7-8,12-13H2,1H3,(H,29,30);1H/t16-,21?;/m0./s1. The Morgan fingerprint density at radius 1 is 1.21 bits per heavy atom. The quantitative estimate of drug-likeness (QED) is 0.485. The second-order valence-corrected chi connectivity index (χ2v) is 10.0. The summed E-state index contributed by atoms with van der Waals surface area (Å²) in [6.45, 7) is 5.42. The number of piperidine rings is 1. The Morgan fingerprint density at radius 3 is 2.88 bits per heavy atom. The number of hydrogen-bond donors (Lipinski definition) is 3. The van der Waals surface area contributed by atoms with Crippen molar-refractivity contribution in [2.45, 2.75) is 38.3 Å². The van der Waals surface area contributed by atoms with Crippen molar-refractivity contribution in [3.8, 4) is 16.9 Å². The fraction of sp³-hybridized carbons (Fsp3) is 0.417. The Balaban J connectivity index is 0.00000259. The number of amides is 1. The highest BCUT2D eigenvalue weighted by molar-refractivity contribution is 7.19. The number of piperazine rings is 1. The first kappa shape index (κ1) is 24.2. The van der Waals surface area contributed by atoms with Crippen LogP contribution in [0.3, 0.4) is 0 Å². The number of carbonyl (C=O) groups is 1. The van der Waals surface area contributed by atoms with Crippen LogP contribution in [0.1, 0.15) is 23.3 Å². The molecule has 0 spiro atoms. The molecule has 176 valence electrons. The molecule has 1 amide bonds. The van der Waals surface area contributed by atoms with Gasteiger partial charge in [-0.05, 0) is 56.1 Å². The predicted octanol–water partition coefficient (Wildman–Crippen LogP) is 4.11. The van der Waals surface area contributed by atoms with Crippen LogP contribution < -0.4 is 20.7 Å². The lowest BCUT2D eigenvalue weighted by Crippen LogP contribution is -2.53. The average Bonchev–Trinajstić information content (AvgIpc) is 3.20. The van der Waals surface area contributed by atoms with Gasteiger partial charge in [0.25, 0.3) is 0 Å². The van der Waals surface area contributed by atoms with Crippen molar-refractivity contribution in [3.05, 3.63) is 45.9 Å². The van der Waals surface area contributed by atoms with Gasteiger partial charge in [0.1, 0.15) is 11.9 Å². The number of fused-ring (bicyclic) bond motifs is 1. The first-order chi connectivity index (χ1) is 15.6. The van der Waals surface area contributed by atoms with Gasteiger partial charge in [-0.15, -0.1) is 23.7 Å². The topological polar surface area (TPSA) is 75.3 Å². The zero-order valence-corrected chi connectivity index (χ0v) is 20.8. The Kier molecular flexibility index (Phi) is 7.76. The van der Waals surface area contributed by atoms with E-state index in [1.807, 2.05) is 31.3 Å². The highest BCUT2D eigenvalue weighted by Gasteiger charge is 2.24. The normalized spacial score (nSPS) is 20.8. The van der Waals surface area contributed by atoms with Gasteiger partial charge in [-0.3, -0.25) is 9.78 Å². The number of rotatable bonds is 5. The molecule has 0 bridgehead atoms. The number of benzene rings is 1. The van der Waals surface area contributed by atoms with Gasteiger partial charge in [-0.25, -0.2) is 0 Å². The second-order valence-electron chi connectivity index (χ2n) is 8.47. The number of thiophene rings is 1. The Bertz CT molecular complexity index is 1150. The first-order valence-electron chi connectivity index (χ1n) is 11.1. The van der Waals surface area contributed by atoms with Gasteiger partial charge in [-0.1, -0.05) is 11.6 Å². The molecule has 2 saturated heterocycles. The van der Waals surface area contributed by atoms with E-state index in [0.717, 1.165) is 70.0 Å². The van der Waals surface area contributed by atoms with Gasteiger partial charge in [0.15, 0.2) is 0 Å². The smallest absolute Gasteiger partial charge is 0.237 e. The molecule has 0 saturated carbocycles. The van der Waals surface area contributed by atoms with Crippen molar-refractivity contribution in [1.82, 2.24) is 20.9 Å². The Hall–Kier alpha value is -1.90. The van der Waals surface area contributed by atoms with Crippen LogP contribution in [-0.4, -0.2) is 49.2 Å². The van der Waals surface area contributed by atoms with Crippen LogP contribution in [0.5, 0.6) is 5.75 Å². The third-order valence-corrected chi connectivity index (χ3v) is 7.46. The third-order valence-electron chi connectivity index (χ3n) is 6.07. The molecule has 3 aromatic rings. The van der Waals surface area contributed by atoms with Gasteiger partial charge in [0.2, 0.25) is 5.91 Å². The maximum Gasteiger partial charge on any atom is 0.237 e. The number of carbonyl (C=O) groups excluding carboxylic acids is 1. The van der Waals surface area contributed by atoms with Gasteiger partial charge < -0.3 is 20.7 Å². The predicted molar refractivity (Wildman–Crippen MR) is 137 cm³/mol. The minimum absolute atomic E-state index is 0. The van der Waals surface area contributed by atoms with E-state index in [0.29, 0.717) is 18.0 Å². The van der Waals surface area contributed by atoms with Crippen LogP contribution in [0.2, 0.25) is 5.02 Å². The molecule has 4 heterocycles. The average molecular weight is 507 g/mol. The van der Waals surface area contributed by atoms with E-state index < -0.39 is 0 Å². The lowest BCUT2D eigenvalue weighted by molar-refractivity contribution is -0.124. The summed E-state index contributed by atoms with van der Waals surface area (Å²) < 4.78 is 7.61. The third kappa shape index (κ3) is 5.28. The molecule has 9 heteroatoms. The molecule has 2 fully saturated rings. The number of halogens is 2. The van der Waals surface area contributed by atoms with Crippen molar-refractivity contribution < 1.29 is 9.53 Å². The Labute approximate surface area is 208 Å². The molecule has 1 aromatic carbocycles. The number of aromatic nitrogens is 1. The van der Waals surface area contributed by atoms with E-state index in [9.17, 15) is 4.79 Å². The fourth-order valence-corrected chi connectivity index (χ4v) is 5.95. The van der Waals surface area contributed by atoms with Crippen molar-refractivity contribution in [2.75, 3.05) is 26.2 Å². The number of hydrogen-bond acceptors (Lipinski definition) is 6. The molecular formula is C24H28Cl2N4O2S. The number of aryl methyl sites for hydroxylation is 1. The maximum absolute atomic E-state index is 12.2. The molecular weight excluding hydrogens is 479 g/mol. The lowest BCUT2D eigenvalue weighted by Gasteiger charge is -2.26. The van der Waals surface area contributed by atoms with Gasteiger partial charge in [-0.2, -0.15) is 0 Å². The molecule has 0 radical (unpaired) electrons. The van der Waals surface area contributed by atoms with Crippen molar-refractivity contribution in [2.24, 2.45) is 0 Å². The monoisotopic (exact) mass is 506 g/mol. The summed E-state index contributed by atoms with van der Waals surface area (Å²) >= 11 is 8.17. The molecule has 0 aliphatic carbocycles. The summed E-state index contributed by atoms with van der Waals surface area (Å²) in [6, 6.07) is 7.87. The van der Waals surface area contributed by atoms with Gasteiger partial charge >= 0.3 is 0 Å². The molecule has 2 aromatic heterocycles. The summed E-state index contributed by atoms with van der Waals surface area (Å²) in [5, 5.41) is 10.4. The molecule has 33 heavy (non-hydrogen) atoms. The zero-order chi connectivity index (χ0) is 22.1. The summed E-state index contributed by atoms with van der Waals surface area (Å²) in [4.78, 5) is 17.9. The number of nitrogens with zero attached hydrogens (tertiary/aromatic N) is 1.